The quantitative estimate of drug-likeness (QED) is 0.925. The number of imidazole rings is 1. The molecule has 0 amide bonds. The van der Waals surface area contributed by atoms with Crippen molar-refractivity contribution >= 4 is 0 Å². The van der Waals surface area contributed by atoms with E-state index in [9.17, 15) is 18.3 Å². The van der Waals surface area contributed by atoms with Crippen LogP contribution >= 0.6 is 0 Å². The zero-order chi connectivity index (χ0) is 15.0. The van der Waals surface area contributed by atoms with E-state index in [-0.39, 0.29) is 6.10 Å². The first-order valence-corrected chi connectivity index (χ1v) is 6.81. The van der Waals surface area contributed by atoms with E-state index in [1.54, 1.807) is 6.07 Å². The maximum Gasteiger partial charge on any atom is 0.416 e. The summed E-state index contributed by atoms with van der Waals surface area (Å²) in [7, 11) is 0. The van der Waals surface area contributed by atoms with Crippen LogP contribution in [0.15, 0.2) is 30.5 Å². The van der Waals surface area contributed by atoms with Gasteiger partial charge in [0.15, 0.2) is 0 Å². The first-order valence-electron chi connectivity index (χ1n) is 6.81. The van der Waals surface area contributed by atoms with Gasteiger partial charge in [-0.3, -0.25) is 0 Å². The second-order valence-corrected chi connectivity index (χ2v) is 5.37. The molecule has 0 saturated heterocycles. The van der Waals surface area contributed by atoms with Crippen molar-refractivity contribution in [2.45, 2.75) is 38.1 Å². The molecule has 0 bridgehead atoms. The fraction of sp³-hybridized carbons (Fsp3) is 0.400. The number of hydrogen-bond acceptors (Lipinski definition) is 2. The minimum absolute atomic E-state index is 0.361. The molecule has 2 aromatic rings. The minimum Gasteiger partial charge on any atom is -0.391 e. The topological polar surface area (TPSA) is 38.1 Å². The Morgan fingerprint density at radius 2 is 2.14 bits per heavy atom. The Balaban J connectivity index is 1.81. The van der Waals surface area contributed by atoms with Crippen LogP contribution in [0.25, 0.3) is 0 Å². The van der Waals surface area contributed by atoms with Gasteiger partial charge in [-0.05, 0) is 18.1 Å². The lowest BCUT2D eigenvalue weighted by atomic mass is 10.1. The molecule has 21 heavy (non-hydrogen) atoms. The van der Waals surface area contributed by atoms with Gasteiger partial charge >= 0.3 is 6.18 Å². The highest BCUT2D eigenvalue weighted by Gasteiger charge is 2.30. The Kier molecular flexibility index (Phi) is 3.49. The normalized spacial score (nSPS) is 18.6. The van der Waals surface area contributed by atoms with Gasteiger partial charge in [-0.1, -0.05) is 18.2 Å². The van der Waals surface area contributed by atoms with Crippen LogP contribution in [-0.4, -0.2) is 20.8 Å². The summed E-state index contributed by atoms with van der Waals surface area (Å²) < 4.78 is 39.9. The van der Waals surface area contributed by atoms with Crippen LogP contribution in [0, 0.1) is 0 Å². The molecule has 0 fully saturated rings. The molecule has 1 unspecified atom stereocenters. The number of rotatable bonds is 2. The van der Waals surface area contributed by atoms with E-state index < -0.39 is 11.7 Å². The van der Waals surface area contributed by atoms with Crippen molar-refractivity contribution in [1.82, 2.24) is 9.55 Å². The average Bonchev–Trinajstić information content (AvgIpc) is 2.79. The molecule has 1 aromatic heterocycles. The molecule has 6 heteroatoms. The van der Waals surface area contributed by atoms with Crippen LogP contribution in [-0.2, 0) is 25.6 Å². The second kappa shape index (κ2) is 5.18. The van der Waals surface area contributed by atoms with Crippen LogP contribution in [0.1, 0.15) is 29.1 Å². The number of aryl methyl sites for hydroxylation is 1. The first kappa shape index (κ1) is 14.1. The van der Waals surface area contributed by atoms with Crippen LogP contribution in [0.2, 0.25) is 0 Å². The fourth-order valence-corrected chi connectivity index (χ4v) is 2.64. The van der Waals surface area contributed by atoms with Crippen molar-refractivity contribution in [1.29, 1.82) is 0 Å². The highest BCUT2D eigenvalue weighted by atomic mass is 19.4. The summed E-state index contributed by atoms with van der Waals surface area (Å²) in [6, 6.07) is 5.31. The smallest absolute Gasteiger partial charge is 0.391 e. The molecule has 112 valence electrons. The van der Waals surface area contributed by atoms with Crippen molar-refractivity contribution in [3.63, 3.8) is 0 Å². The van der Waals surface area contributed by atoms with E-state index in [2.05, 4.69) is 4.98 Å². The number of aliphatic hydroxyl groups excluding tert-OH is 1. The van der Waals surface area contributed by atoms with E-state index in [4.69, 9.17) is 0 Å². The summed E-state index contributed by atoms with van der Waals surface area (Å²) in [5.74, 6) is 0.891. The van der Waals surface area contributed by atoms with E-state index in [1.807, 2.05) is 10.8 Å². The van der Waals surface area contributed by atoms with E-state index in [0.29, 0.717) is 31.4 Å². The molecule has 1 atom stereocenters. The van der Waals surface area contributed by atoms with Gasteiger partial charge in [0.05, 0.1) is 17.4 Å². The highest BCUT2D eigenvalue weighted by Crippen LogP contribution is 2.30. The highest BCUT2D eigenvalue weighted by molar-refractivity contribution is 5.28. The summed E-state index contributed by atoms with van der Waals surface area (Å²) in [4.78, 5) is 4.44. The number of fused-ring (bicyclic) bond motifs is 1. The summed E-state index contributed by atoms with van der Waals surface area (Å²) in [5, 5.41) is 9.61. The Morgan fingerprint density at radius 1 is 1.33 bits per heavy atom. The van der Waals surface area contributed by atoms with Crippen LogP contribution < -0.4 is 0 Å². The number of benzene rings is 1. The first-order chi connectivity index (χ1) is 9.91. The number of aliphatic hydroxyl groups is 1. The lowest BCUT2D eigenvalue weighted by Gasteiger charge is -2.18. The molecule has 1 aliphatic heterocycles. The van der Waals surface area contributed by atoms with E-state index in [1.165, 1.54) is 6.07 Å². The SMILES string of the molecule is OC1CCc2nc(Cc3cccc(C(F)(F)F)c3)cn2C1. The monoisotopic (exact) mass is 296 g/mol. The molecule has 1 aromatic carbocycles. The Labute approximate surface area is 120 Å². The molecule has 2 heterocycles. The molecule has 0 radical (unpaired) electrons. The largest absolute Gasteiger partial charge is 0.416 e. The lowest BCUT2D eigenvalue weighted by molar-refractivity contribution is -0.137. The van der Waals surface area contributed by atoms with Gasteiger partial charge < -0.3 is 9.67 Å². The van der Waals surface area contributed by atoms with Crippen LogP contribution in [0.4, 0.5) is 13.2 Å². The van der Waals surface area contributed by atoms with Gasteiger partial charge in [-0.25, -0.2) is 4.98 Å². The molecule has 3 nitrogen and oxygen atoms in total. The lowest BCUT2D eigenvalue weighted by Crippen LogP contribution is -2.23. The van der Waals surface area contributed by atoms with E-state index >= 15 is 0 Å². The summed E-state index contributed by atoms with van der Waals surface area (Å²) >= 11 is 0. The van der Waals surface area contributed by atoms with Crippen molar-refractivity contribution in [2.75, 3.05) is 0 Å². The second-order valence-electron chi connectivity index (χ2n) is 5.37. The molecular formula is C15H15F3N2O. The van der Waals surface area contributed by atoms with Crippen LogP contribution in [0.5, 0.6) is 0 Å². The number of halogens is 3. The molecule has 0 saturated carbocycles. The third kappa shape index (κ3) is 3.10. The van der Waals surface area contributed by atoms with Gasteiger partial charge in [-0.15, -0.1) is 0 Å². The molecule has 1 aliphatic rings. The Bertz CT molecular complexity index is 649. The predicted octanol–water partition coefficient (Wildman–Crippen LogP) is 2.80. The Hall–Kier alpha value is -1.82. The number of aromatic nitrogens is 2. The molecule has 1 N–H and O–H groups in total. The van der Waals surface area contributed by atoms with Crippen molar-refractivity contribution in [3.05, 3.63) is 53.1 Å². The zero-order valence-corrected chi connectivity index (χ0v) is 11.3. The number of hydrogen-bond donors (Lipinski definition) is 1. The van der Waals surface area contributed by atoms with Crippen molar-refractivity contribution in [2.24, 2.45) is 0 Å². The molecule has 3 rings (SSSR count). The zero-order valence-electron chi connectivity index (χ0n) is 11.3. The van der Waals surface area contributed by atoms with Crippen LogP contribution in [0.3, 0.4) is 0 Å². The number of alkyl halides is 3. The third-order valence-electron chi connectivity index (χ3n) is 3.66. The minimum atomic E-state index is -4.33. The summed E-state index contributed by atoms with van der Waals surface area (Å²) in [6.45, 7) is 0.505. The van der Waals surface area contributed by atoms with Gasteiger partial charge in [0.25, 0.3) is 0 Å². The van der Waals surface area contributed by atoms with E-state index in [0.717, 1.165) is 23.7 Å². The maximum absolute atomic E-state index is 12.7. The standard InChI is InChI=1S/C15H15F3N2O/c16-15(17,18)11-3-1-2-10(6-11)7-12-8-20-9-13(21)4-5-14(20)19-12/h1-3,6,8,13,21H,4-5,7,9H2. The van der Waals surface area contributed by atoms with Gasteiger partial charge in [-0.2, -0.15) is 13.2 Å². The number of nitrogens with zero attached hydrogens (tertiary/aromatic N) is 2. The molecule has 0 aliphatic carbocycles. The van der Waals surface area contributed by atoms with Gasteiger partial charge in [0.1, 0.15) is 5.82 Å². The summed E-state index contributed by atoms with van der Waals surface area (Å²) in [6.07, 6.45) is -1.14. The van der Waals surface area contributed by atoms with Gasteiger partial charge in [0, 0.05) is 25.6 Å². The summed E-state index contributed by atoms with van der Waals surface area (Å²) in [5.41, 5.74) is 0.679. The maximum atomic E-state index is 12.7. The fourth-order valence-electron chi connectivity index (χ4n) is 2.64. The van der Waals surface area contributed by atoms with Crippen molar-refractivity contribution in [3.8, 4) is 0 Å². The molecule has 0 spiro atoms. The Morgan fingerprint density at radius 3 is 2.90 bits per heavy atom. The predicted molar refractivity (Wildman–Crippen MR) is 70.8 cm³/mol. The van der Waals surface area contributed by atoms with Gasteiger partial charge in [0.2, 0.25) is 0 Å². The average molecular weight is 296 g/mol. The van der Waals surface area contributed by atoms with Crippen molar-refractivity contribution < 1.29 is 18.3 Å². The third-order valence-corrected chi connectivity index (χ3v) is 3.66. The molecular weight excluding hydrogens is 281 g/mol.